The molecular formula is C24H33ClN4O6. The molecule has 0 bridgehead atoms. The molecule has 2 unspecified atom stereocenters. The van der Waals surface area contributed by atoms with E-state index in [9.17, 15) is 19.2 Å². The van der Waals surface area contributed by atoms with Gasteiger partial charge in [-0.1, -0.05) is 24.4 Å². The van der Waals surface area contributed by atoms with Crippen LogP contribution in [0.25, 0.3) is 0 Å². The largest absolute Gasteiger partial charge is 0.495 e. The zero-order valence-electron chi connectivity index (χ0n) is 20.2. The van der Waals surface area contributed by atoms with E-state index in [1.165, 1.54) is 12.0 Å². The summed E-state index contributed by atoms with van der Waals surface area (Å²) in [6.07, 6.45) is 3.75. The van der Waals surface area contributed by atoms with Crippen molar-refractivity contribution in [2.75, 3.05) is 45.8 Å². The molecule has 10 nitrogen and oxygen atoms in total. The van der Waals surface area contributed by atoms with Crippen LogP contribution in [0.15, 0.2) is 18.2 Å². The summed E-state index contributed by atoms with van der Waals surface area (Å²) in [6.45, 7) is 0.739. The Kier molecular flexibility index (Phi) is 9.73. The molecule has 192 valence electrons. The van der Waals surface area contributed by atoms with Gasteiger partial charge >= 0.3 is 6.03 Å². The maximum absolute atomic E-state index is 13.3. The van der Waals surface area contributed by atoms with Gasteiger partial charge in [0.15, 0.2) is 0 Å². The number of rotatable bonds is 11. The average molecular weight is 509 g/mol. The summed E-state index contributed by atoms with van der Waals surface area (Å²) in [7, 11) is 3.07. The van der Waals surface area contributed by atoms with Gasteiger partial charge in [0.05, 0.1) is 18.7 Å². The van der Waals surface area contributed by atoms with Gasteiger partial charge in [-0.05, 0) is 37.5 Å². The van der Waals surface area contributed by atoms with E-state index in [0.29, 0.717) is 48.9 Å². The molecule has 2 atom stereocenters. The van der Waals surface area contributed by atoms with Crippen LogP contribution in [0.2, 0.25) is 5.02 Å². The van der Waals surface area contributed by atoms with Crippen LogP contribution in [0.3, 0.4) is 0 Å². The molecule has 1 heterocycles. The Hall–Kier alpha value is -2.85. The second kappa shape index (κ2) is 12.7. The summed E-state index contributed by atoms with van der Waals surface area (Å²) >= 11 is 6.05. The smallest absolute Gasteiger partial charge is 0.327 e. The van der Waals surface area contributed by atoms with Gasteiger partial charge in [0.1, 0.15) is 12.3 Å². The van der Waals surface area contributed by atoms with E-state index in [2.05, 4.69) is 10.6 Å². The number of fused-ring (bicyclic) bond motifs is 1. The lowest BCUT2D eigenvalue weighted by molar-refractivity contribution is -0.142. The molecule has 1 saturated heterocycles. The number of methoxy groups -OCH3 is 2. The number of nitrogens with one attached hydrogen (secondary N) is 2. The number of ether oxygens (including phenoxy) is 2. The first kappa shape index (κ1) is 26.7. The van der Waals surface area contributed by atoms with Gasteiger partial charge in [0.25, 0.3) is 0 Å². The minimum absolute atomic E-state index is 0.00159. The molecule has 11 heteroatoms. The lowest BCUT2D eigenvalue weighted by atomic mass is 9.81. The number of carbonyl (C=O) groups excluding carboxylic acids is 4. The number of hydrogen-bond donors (Lipinski definition) is 2. The molecule has 0 radical (unpaired) electrons. The number of imide groups is 1. The summed E-state index contributed by atoms with van der Waals surface area (Å²) in [5.41, 5.74) is 0.396. The molecule has 5 amide bonds. The van der Waals surface area contributed by atoms with E-state index in [4.69, 9.17) is 21.1 Å². The van der Waals surface area contributed by atoms with E-state index in [1.807, 2.05) is 0 Å². The first-order valence-corrected chi connectivity index (χ1v) is 12.2. The third kappa shape index (κ3) is 6.85. The summed E-state index contributed by atoms with van der Waals surface area (Å²) < 4.78 is 10.2. The summed E-state index contributed by atoms with van der Waals surface area (Å²) in [4.78, 5) is 54.2. The van der Waals surface area contributed by atoms with E-state index < -0.39 is 11.9 Å². The number of benzene rings is 1. The van der Waals surface area contributed by atoms with Crippen molar-refractivity contribution in [3.63, 3.8) is 0 Å². The highest BCUT2D eigenvalue weighted by molar-refractivity contribution is 6.31. The average Bonchev–Trinajstić information content (AvgIpc) is 2.84. The third-order valence-electron chi connectivity index (χ3n) is 6.35. The van der Waals surface area contributed by atoms with Crippen LogP contribution in [0, 0.1) is 5.92 Å². The van der Waals surface area contributed by atoms with Crippen molar-refractivity contribution >= 4 is 41.0 Å². The van der Waals surface area contributed by atoms with E-state index in [-0.39, 0.29) is 43.3 Å². The standard InChI is InChI=1S/C24H33ClN4O6/c1-34-13-5-11-26-21(30)10-12-28-23(32)17-6-3-4-7-19(17)29(24(28)33)15-22(31)27-18-14-16(25)8-9-20(18)35-2/h8-9,14,17,19H,3-7,10-13,15H2,1-2H3,(H,26,30)(H,27,31). The Bertz CT molecular complexity index is 943. The van der Waals surface area contributed by atoms with Crippen molar-refractivity contribution in [2.45, 2.75) is 44.6 Å². The zero-order chi connectivity index (χ0) is 25.4. The van der Waals surface area contributed by atoms with Crippen molar-refractivity contribution in [2.24, 2.45) is 5.92 Å². The molecule has 1 saturated carbocycles. The maximum Gasteiger partial charge on any atom is 0.327 e. The van der Waals surface area contributed by atoms with Crippen LogP contribution in [0.4, 0.5) is 10.5 Å². The molecule has 2 aliphatic rings. The highest BCUT2D eigenvalue weighted by Gasteiger charge is 2.47. The number of nitrogens with zero attached hydrogens (tertiary/aromatic N) is 2. The number of anilines is 1. The maximum atomic E-state index is 13.3. The second-order valence-electron chi connectivity index (χ2n) is 8.70. The minimum atomic E-state index is -0.543. The molecule has 35 heavy (non-hydrogen) atoms. The van der Waals surface area contributed by atoms with Gasteiger partial charge in [-0.2, -0.15) is 0 Å². The van der Waals surface area contributed by atoms with Gasteiger partial charge in [0.2, 0.25) is 17.7 Å². The fraction of sp³-hybridized carbons (Fsp3) is 0.583. The molecule has 2 fully saturated rings. The van der Waals surface area contributed by atoms with E-state index in [1.54, 1.807) is 25.3 Å². The zero-order valence-corrected chi connectivity index (χ0v) is 20.9. The van der Waals surface area contributed by atoms with Gasteiger partial charge in [-0.25, -0.2) is 4.79 Å². The number of halogens is 1. The molecule has 1 aromatic carbocycles. The van der Waals surface area contributed by atoms with Crippen LogP contribution in [0.1, 0.15) is 38.5 Å². The first-order chi connectivity index (χ1) is 16.8. The van der Waals surface area contributed by atoms with Crippen molar-refractivity contribution in [3.8, 4) is 5.75 Å². The molecule has 0 aromatic heterocycles. The minimum Gasteiger partial charge on any atom is -0.495 e. The van der Waals surface area contributed by atoms with Crippen molar-refractivity contribution in [1.29, 1.82) is 0 Å². The summed E-state index contributed by atoms with van der Waals surface area (Å²) in [6, 6.07) is 3.98. The SMILES string of the molecule is COCCCNC(=O)CCN1C(=O)C2CCCCC2N(CC(=O)Nc2cc(Cl)ccc2OC)C1=O. The van der Waals surface area contributed by atoms with E-state index in [0.717, 1.165) is 17.7 Å². The summed E-state index contributed by atoms with van der Waals surface area (Å²) in [5, 5.41) is 5.95. The highest BCUT2D eigenvalue weighted by Crippen LogP contribution is 2.35. The monoisotopic (exact) mass is 508 g/mol. The van der Waals surface area contributed by atoms with Gasteiger partial charge in [-0.3, -0.25) is 19.3 Å². The Balaban J connectivity index is 1.68. The van der Waals surface area contributed by atoms with Crippen molar-refractivity contribution in [1.82, 2.24) is 15.1 Å². The normalized spacial score (nSPS) is 19.9. The van der Waals surface area contributed by atoms with Gasteiger partial charge in [0, 0.05) is 44.3 Å². The van der Waals surface area contributed by atoms with Crippen LogP contribution >= 0.6 is 11.6 Å². The van der Waals surface area contributed by atoms with E-state index >= 15 is 0 Å². The number of urea groups is 1. The molecule has 1 aliphatic carbocycles. The topological polar surface area (TPSA) is 117 Å². The first-order valence-electron chi connectivity index (χ1n) is 11.9. The Morgan fingerprint density at radius 1 is 1.14 bits per heavy atom. The Morgan fingerprint density at radius 3 is 2.66 bits per heavy atom. The molecular weight excluding hydrogens is 476 g/mol. The second-order valence-corrected chi connectivity index (χ2v) is 9.13. The predicted molar refractivity (Wildman–Crippen MR) is 130 cm³/mol. The fourth-order valence-corrected chi connectivity index (χ4v) is 4.79. The fourth-order valence-electron chi connectivity index (χ4n) is 4.62. The van der Waals surface area contributed by atoms with Crippen LogP contribution < -0.4 is 15.4 Å². The van der Waals surface area contributed by atoms with Crippen molar-refractivity contribution < 1.29 is 28.7 Å². The molecule has 3 rings (SSSR count). The molecule has 1 aromatic rings. The Morgan fingerprint density at radius 2 is 1.91 bits per heavy atom. The van der Waals surface area contributed by atoms with Crippen LogP contribution in [-0.4, -0.2) is 80.1 Å². The molecule has 1 aliphatic heterocycles. The Labute approximate surface area is 210 Å². The van der Waals surface area contributed by atoms with Crippen molar-refractivity contribution in [3.05, 3.63) is 23.2 Å². The molecule has 0 spiro atoms. The number of amides is 5. The summed E-state index contributed by atoms with van der Waals surface area (Å²) in [5.74, 6) is -0.866. The highest BCUT2D eigenvalue weighted by atomic mass is 35.5. The lowest BCUT2D eigenvalue weighted by Crippen LogP contribution is -2.63. The lowest BCUT2D eigenvalue weighted by Gasteiger charge is -2.46. The van der Waals surface area contributed by atoms with Gasteiger partial charge < -0.3 is 25.0 Å². The number of carbonyl (C=O) groups is 4. The predicted octanol–water partition coefficient (Wildman–Crippen LogP) is 2.65. The van der Waals surface area contributed by atoms with Crippen LogP contribution in [-0.2, 0) is 19.1 Å². The van der Waals surface area contributed by atoms with Crippen LogP contribution in [0.5, 0.6) is 5.75 Å². The quantitative estimate of drug-likeness (QED) is 0.444. The van der Waals surface area contributed by atoms with Gasteiger partial charge in [-0.15, -0.1) is 0 Å². The molecule has 2 N–H and O–H groups in total. The number of hydrogen-bond acceptors (Lipinski definition) is 6. The third-order valence-corrected chi connectivity index (χ3v) is 6.58.